The standard InChI is InChI=1S/C19H14BrNO3/c1-11-8-9-12(19(23)24)10-17(11)21-18(22)15-6-2-5-14-13(15)4-3-7-16(14)20/h2-10H,1H3,(H,21,22)(H,23,24). The number of hydrogen-bond acceptors (Lipinski definition) is 2. The Labute approximate surface area is 147 Å². The van der Waals surface area contributed by atoms with Gasteiger partial charge in [-0.25, -0.2) is 4.79 Å². The summed E-state index contributed by atoms with van der Waals surface area (Å²) in [4.78, 5) is 23.8. The summed E-state index contributed by atoms with van der Waals surface area (Å²) in [5.74, 6) is -1.30. The van der Waals surface area contributed by atoms with Crippen molar-refractivity contribution in [3.8, 4) is 0 Å². The van der Waals surface area contributed by atoms with Gasteiger partial charge in [-0.15, -0.1) is 0 Å². The van der Waals surface area contributed by atoms with Crippen LogP contribution < -0.4 is 5.32 Å². The predicted molar refractivity (Wildman–Crippen MR) is 97.7 cm³/mol. The van der Waals surface area contributed by atoms with Crippen molar-refractivity contribution in [2.75, 3.05) is 5.32 Å². The molecule has 0 bridgehead atoms. The third-order valence-corrected chi connectivity index (χ3v) is 4.54. The molecule has 2 N–H and O–H groups in total. The van der Waals surface area contributed by atoms with Crippen LogP contribution in [-0.2, 0) is 0 Å². The average Bonchev–Trinajstić information content (AvgIpc) is 2.56. The molecule has 0 saturated heterocycles. The summed E-state index contributed by atoms with van der Waals surface area (Å²) < 4.78 is 0.915. The minimum Gasteiger partial charge on any atom is -0.478 e. The molecule has 0 heterocycles. The zero-order chi connectivity index (χ0) is 17.3. The fraction of sp³-hybridized carbons (Fsp3) is 0.0526. The molecule has 0 atom stereocenters. The summed E-state index contributed by atoms with van der Waals surface area (Å²) in [5, 5.41) is 13.7. The number of halogens is 1. The van der Waals surface area contributed by atoms with Crippen LogP contribution in [0.4, 0.5) is 5.69 Å². The van der Waals surface area contributed by atoms with E-state index in [0.717, 1.165) is 20.8 Å². The number of benzene rings is 3. The lowest BCUT2D eigenvalue weighted by atomic mass is 10.0. The molecule has 1 amide bonds. The van der Waals surface area contributed by atoms with Crippen molar-refractivity contribution in [2.45, 2.75) is 6.92 Å². The highest BCUT2D eigenvalue weighted by Crippen LogP contribution is 2.27. The van der Waals surface area contributed by atoms with Crippen molar-refractivity contribution < 1.29 is 14.7 Å². The molecular formula is C19H14BrNO3. The third kappa shape index (κ3) is 3.03. The van der Waals surface area contributed by atoms with E-state index in [4.69, 9.17) is 5.11 Å². The second-order valence-corrected chi connectivity index (χ2v) is 6.28. The molecule has 0 aromatic heterocycles. The van der Waals surface area contributed by atoms with Gasteiger partial charge in [-0.2, -0.15) is 0 Å². The largest absolute Gasteiger partial charge is 0.478 e. The van der Waals surface area contributed by atoms with Gasteiger partial charge in [0.2, 0.25) is 0 Å². The molecule has 0 aliphatic carbocycles. The summed E-state index contributed by atoms with van der Waals surface area (Å²) in [6.07, 6.45) is 0. The first-order valence-corrected chi connectivity index (χ1v) is 8.09. The van der Waals surface area contributed by atoms with Crippen LogP contribution >= 0.6 is 15.9 Å². The Hall–Kier alpha value is -2.66. The Balaban J connectivity index is 2.01. The number of carboxylic acids is 1. The summed E-state index contributed by atoms with van der Waals surface area (Å²) in [7, 11) is 0. The Kier molecular flexibility index (Phi) is 4.36. The number of aryl methyl sites for hydroxylation is 1. The second kappa shape index (κ2) is 6.45. The second-order valence-electron chi connectivity index (χ2n) is 5.43. The van der Waals surface area contributed by atoms with Gasteiger partial charge < -0.3 is 10.4 Å². The highest BCUT2D eigenvalue weighted by molar-refractivity contribution is 9.10. The van der Waals surface area contributed by atoms with E-state index in [9.17, 15) is 9.59 Å². The van der Waals surface area contributed by atoms with Gasteiger partial charge >= 0.3 is 5.97 Å². The fourth-order valence-corrected chi connectivity index (χ4v) is 3.05. The first-order chi connectivity index (χ1) is 11.5. The quantitative estimate of drug-likeness (QED) is 0.678. The maximum atomic E-state index is 12.7. The number of carbonyl (C=O) groups excluding carboxylic acids is 1. The molecule has 4 nitrogen and oxygen atoms in total. The first-order valence-electron chi connectivity index (χ1n) is 7.30. The smallest absolute Gasteiger partial charge is 0.335 e. The van der Waals surface area contributed by atoms with Crippen molar-refractivity contribution in [3.63, 3.8) is 0 Å². The van der Waals surface area contributed by atoms with Crippen LogP contribution in [0.2, 0.25) is 0 Å². The number of carbonyl (C=O) groups is 2. The number of anilines is 1. The van der Waals surface area contributed by atoms with Crippen molar-refractivity contribution in [3.05, 3.63) is 75.8 Å². The number of nitrogens with one attached hydrogen (secondary N) is 1. The van der Waals surface area contributed by atoms with Crippen molar-refractivity contribution >= 4 is 44.3 Å². The van der Waals surface area contributed by atoms with Crippen LogP contribution in [-0.4, -0.2) is 17.0 Å². The van der Waals surface area contributed by atoms with Crippen LogP contribution in [0.5, 0.6) is 0 Å². The summed E-state index contributed by atoms with van der Waals surface area (Å²) in [5.41, 5.74) is 1.96. The number of amides is 1. The zero-order valence-corrected chi connectivity index (χ0v) is 14.4. The molecule has 0 aliphatic rings. The maximum Gasteiger partial charge on any atom is 0.335 e. The molecule has 24 heavy (non-hydrogen) atoms. The predicted octanol–water partition coefficient (Wildman–Crippen LogP) is 4.86. The van der Waals surface area contributed by atoms with Crippen LogP contribution in [0.15, 0.2) is 59.1 Å². The van der Waals surface area contributed by atoms with Crippen LogP contribution in [0, 0.1) is 6.92 Å². The molecule has 0 radical (unpaired) electrons. The van der Waals surface area contributed by atoms with E-state index < -0.39 is 5.97 Å². The van der Waals surface area contributed by atoms with Crippen molar-refractivity contribution in [1.29, 1.82) is 0 Å². The zero-order valence-electron chi connectivity index (χ0n) is 12.8. The average molecular weight is 384 g/mol. The van der Waals surface area contributed by atoms with Crippen molar-refractivity contribution in [1.82, 2.24) is 0 Å². The highest BCUT2D eigenvalue weighted by Gasteiger charge is 2.13. The Morgan fingerprint density at radius 3 is 2.46 bits per heavy atom. The van der Waals surface area contributed by atoms with Crippen molar-refractivity contribution in [2.24, 2.45) is 0 Å². The molecule has 0 fully saturated rings. The van der Waals surface area contributed by atoms with Gasteiger partial charge in [0.05, 0.1) is 5.56 Å². The highest BCUT2D eigenvalue weighted by atomic mass is 79.9. The molecule has 0 unspecified atom stereocenters. The molecule has 0 aliphatic heterocycles. The molecular weight excluding hydrogens is 370 g/mol. The van der Waals surface area contributed by atoms with E-state index in [1.54, 1.807) is 12.1 Å². The first kappa shape index (κ1) is 16.2. The van der Waals surface area contributed by atoms with Gasteiger partial charge in [0.1, 0.15) is 0 Å². The molecule has 3 aromatic rings. The lowest BCUT2D eigenvalue weighted by Gasteiger charge is -2.11. The summed E-state index contributed by atoms with van der Waals surface area (Å²) in [6.45, 7) is 1.82. The lowest BCUT2D eigenvalue weighted by Crippen LogP contribution is -2.14. The maximum absolute atomic E-state index is 12.7. The van der Waals surface area contributed by atoms with E-state index >= 15 is 0 Å². The van der Waals surface area contributed by atoms with E-state index in [2.05, 4.69) is 21.2 Å². The van der Waals surface area contributed by atoms with Gasteiger partial charge in [0.25, 0.3) is 5.91 Å². The minimum atomic E-state index is -1.03. The monoisotopic (exact) mass is 383 g/mol. The van der Waals surface area contributed by atoms with Gasteiger partial charge in [-0.1, -0.05) is 46.3 Å². The molecule has 120 valence electrons. The van der Waals surface area contributed by atoms with Gasteiger partial charge in [-0.3, -0.25) is 4.79 Å². The lowest BCUT2D eigenvalue weighted by molar-refractivity contribution is 0.0696. The Morgan fingerprint density at radius 1 is 1.00 bits per heavy atom. The third-order valence-electron chi connectivity index (χ3n) is 3.85. The van der Waals surface area contributed by atoms with E-state index in [1.165, 1.54) is 12.1 Å². The molecule has 0 saturated carbocycles. The molecule has 3 rings (SSSR count). The van der Waals surface area contributed by atoms with Gasteiger partial charge in [-0.05, 0) is 47.5 Å². The minimum absolute atomic E-state index is 0.136. The number of rotatable bonds is 3. The van der Waals surface area contributed by atoms with Gasteiger partial charge in [0, 0.05) is 15.7 Å². The fourth-order valence-electron chi connectivity index (χ4n) is 2.55. The SMILES string of the molecule is Cc1ccc(C(=O)O)cc1NC(=O)c1cccc2c(Br)cccc12. The van der Waals surface area contributed by atoms with Crippen LogP contribution in [0.1, 0.15) is 26.3 Å². The van der Waals surface area contributed by atoms with E-state index in [-0.39, 0.29) is 11.5 Å². The summed E-state index contributed by atoms with van der Waals surface area (Å²) >= 11 is 3.49. The molecule has 5 heteroatoms. The normalized spacial score (nSPS) is 10.6. The Bertz CT molecular complexity index is 966. The number of fused-ring (bicyclic) bond motifs is 1. The topological polar surface area (TPSA) is 66.4 Å². The van der Waals surface area contributed by atoms with Crippen LogP contribution in [0.25, 0.3) is 10.8 Å². The Morgan fingerprint density at radius 2 is 1.71 bits per heavy atom. The van der Waals surface area contributed by atoms with E-state index in [1.807, 2.05) is 37.3 Å². The molecule has 0 spiro atoms. The number of carboxylic acid groups (broad SMARTS) is 1. The number of aromatic carboxylic acids is 1. The van der Waals surface area contributed by atoms with Crippen LogP contribution in [0.3, 0.4) is 0 Å². The number of hydrogen-bond donors (Lipinski definition) is 2. The molecule has 3 aromatic carbocycles. The summed E-state index contributed by atoms with van der Waals surface area (Å²) in [6, 6.07) is 15.9. The van der Waals surface area contributed by atoms with E-state index in [0.29, 0.717) is 11.3 Å². The van der Waals surface area contributed by atoms with Gasteiger partial charge in [0.15, 0.2) is 0 Å².